The minimum absolute atomic E-state index is 0.0825. The smallest absolute Gasteiger partial charge is 0.241 e. The van der Waals surface area contributed by atoms with Crippen LogP contribution in [0.4, 0.5) is 11.4 Å². The number of nitrogens with one attached hydrogen (secondary N) is 1. The van der Waals surface area contributed by atoms with E-state index in [1.54, 1.807) is 18.2 Å². The van der Waals surface area contributed by atoms with Crippen LogP contribution >= 0.6 is 11.6 Å². The first-order valence-electron chi connectivity index (χ1n) is 6.75. The minimum atomic E-state index is -0.227. The molecule has 1 aromatic rings. The van der Waals surface area contributed by atoms with Crippen LogP contribution in [-0.2, 0) is 9.53 Å². The molecule has 1 saturated heterocycles. The van der Waals surface area contributed by atoms with Crippen LogP contribution in [0.3, 0.4) is 0 Å². The van der Waals surface area contributed by atoms with Crippen molar-refractivity contribution < 1.29 is 9.53 Å². The molecule has 1 unspecified atom stereocenters. The predicted molar refractivity (Wildman–Crippen MR) is 81.0 cm³/mol. The number of halogens is 1. The number of anilines is 2. The summed E-state index contributed by atoms with van der Waals surface area (Å²) in [5, 5.41) is 3.38. The van der Waals surface area contributed by atoms with Crippen LogP contribution in [0.2, 0.25) is 5.02 Å². The Morgan fingerprint density at radius 1 is 1.45 bits per heavy atom. The van der Waals surface area contributed by atoms with E-state index in [1.807, 2.05) is 6.92 Å². The van der Waals surface area contributed by atoms with E-state index in [1.165, 1.54) is 0 Å². The van der Waals surface area contributed by atoms with Gasteiger partial charge in [-0.3, -0.25) is 9.69 Å². The number of carbonyl (C=O) groups excluding carboxylic acids is 1. The van der Waals surface area contributed by atoms with Crippen molar-refractivity contribution in [1.29, 1.82) is 0 Å². The van der Waals surface area contributed by atoms with Gasteiger partial charge >= 0.3 is 0 Å². The maximum Gasteiger partial charge on any atom is 0.241 e. The average Bonchev–Trinajstić information content (AvgIpc) is 2.71. The molecule has 1 aromatic carbocycles. The number of hydrogen-bond donors (Lipinski definition) is 2. The van der Waals surface area contributed by atoms with Crippen molar-refractivity contribution in [2.75, 3.05) is 37.4 Å². The largest absolute Gasteiger partial charge is 0.397 e. The SMILES string of the molecule is CC(C(=O)Nc1cc(Cl)ccc1N)N1CCCOCC1. The van der Waals surface area contributed by atoms with Crippen molar-refractivity contribution in [2.45, 2.75) is 19.4 Å². The minimum Gasteiger partial charge on any atom is -0.397 e. The van der Waals surface area contributed by atoms with E-state index in [0.717, 1.165) is 26.1 Å². The van der Waals surface area contributed by atoms with Crippen LogP contribution in [0.1, 0.15) is 13.3 Å². The molecule has 6 heteroatoms. The number of nitrogens with two attached hydrogens (primary N) is 1. The normalized spacial score (nSPS) is 18.3. The maximum absolute atomic E-state index is 12.3. The van der Waals surface area contributed by atoms with Crippen LogP contribution in [0, 0.1) is 0 Å². The zero-order valence-corrected chi connectivity index (χ0v) is 12.3. The molecular formula is C14H20ClN3O2. The monoisotopic (exact) mass is 297 g/mol. The van der Waals surface area contributed by atoms with Gasteiger partial charge in [0.1, 0.15) is 0 Å². The Hall–Kier alpha value is -1.30. The highest BCUT2D eigenvalue weighted by atomic mass is 35.5. The molecule has 110 valence electrons. The standard InChI is InChI=1S/C14H20ClN3O2/c1-10(18-5-2-7-20-8-6-18)14(19)17-13-9-11(15)3-4-12(13)16/h3-4,9-10H,2,5-8,16H2,1H3,(H,17,19). The summed E-state index contributed by atoms with van der Waals surface area (Å²) in [6.45, 7) is 4.93. The Bertz CT molecular complexity index is 473. The van der Waals surface area contributed by atoms with E-state index in [-0.39, 0.29) is 11.9 Å². The van der Waals surface area contributed by atoms with E-state index < -0.39 is 0 Å². The van der Waals surface area contributed by atoms with Gasteiger partial charge < -0.3 is 15.8 Å². The van der Waals surface area contributed by atoms with E-state index in [0.29, 0.717) is 23.0 Å². The van der Waals surface area contributed by atoms with E-state index in [9.17, 15) is 4.79 Å². The van der Waals surface area contributed by atoms with Crippen molar-refractivity contribution in [3.05, 3.63) is 23.2 Å². The molecule has 1 atom stereocenters. The summed E-state index contributed by atoms with van der Waals surface area (Å²) in [7, 11) is 0. The number of rotatable bonds is 3. The van der Waals surface area contributed by atoms with Crippen molar-refractivity contribution in [1.82, 2.24) is 4.90 Å². The van der Waals surface area contributed by atoms with Gasteiger partial charge in [0.2, 0.25) is 5.91 Å². The molecule has 0 bridgehead atoms. The molecule has 1 fully saturated rings. The lowest BCUT2D eigenvalue weighted by Crippen LogP contribution is -2.43. The Morgan fingerprint density at radius 2 is 2.25 bits per heavy atom. The third-order valence-corrected chi connectivity index (χ3v) is 3.69. The van der Waals surface area contributed by atoms with Crippen LogP contribution in [-0.4, -0.2) is 43.2 Å². The van der Waals surface area contributed by atoms with Gasteiger partial charge in [-0.2, -0.15) is 0 Å². The third kappa shape index (κ3) is 3.85. The lowest BCUT2D eigenvalue weighted by atomic mass is 10.2. The van der Waals surface area contributed by atoms with Gasteiger partial charge in [0.25, 0.3) is 0 Å². The highest BCUT2D eigenvalue weighted by Crippen LogP contribution is 2.23. The molecule has 1 heterocycles. The Kier molecular flexibility index (Phi) is 5.23. The average molecular weight is 298 g/mol. The maximum atomic E-state index is 12.3. The van der Waals surface area contributed by atoms with Crippen LogP contribution in [0.5, 0.6) is 0 Å². The van der Waals surface area contributed by atoms with Gasteiger partial charge in [-0.25, -0.2) is 0 Å². The fourth-order valence-corrected chi connectivity index (χ4v) is 2.36. The van der Waals surface area contributed by atoms with Crippen molar-refractivity contribution in [3.63, 3.8) is 0 Å². The van der Waals surface area contributed by atoms with Crippen LogP contribution < -0.4 is 11.1 Å². The molecule has 20 heavy (non-hydrogen) atoms. The molecule has 0 aliphatic carbocycles. The first-order chi connectivity index (χ1) is 9.58. The number of carbonyl (C=O) groups is 1. The lowest BCUT2D eigenvalue weighted by Gasteiger charge is -2.26. The number of hydrogen-bond acceptors (Lipinski definition) is 4. The molecule has 0 radical (unpaired) electrons. The Morgan fingerprint density at radius 3 is 3.05 bits per heavy atom. The van der Waals surface area contributed by atoms with E-state index in [4.69, 9.17) is 22.1 Å². The van der Waals surface area contributed by atoms with Crippen LogP contribution in [0.25, 0.3) is 0 Å². The quantitative estimate of drug-likeness (QED) is 0.837. The summed E-state index contributed by atoms with van der Waals surface area (Å²) in [6.07, 6.45) is 0.941. The number of nitrogens with zero attached hydrogens (tertiary/aromatic N) is 1. The summed E-state index contributed by atoms with van der Waals surface area (Å²) in [5.41, 5.74) is 6.90. The van der Waals surface area contributed by atoms with Gasteiger partial charge in [0.15, 0.2) is 0 Å². The molecule has 0 aromatic heterocycles. The summed E-state index contributed by atoms with van der Waals surface area (Å²) >= 11 is 5.92. The zero-order chi connectivity index (χ0) is 14.5. The molecule has 5 nitrogen and oxygen atoms in total. The van der Waals surface area contributed by atoms with Gasteiger partial charge in [0, 0.05) is 24.7 Å². The fraction of sp³-hybridized carbons (Fsp3) is 0.500. The molecule has 1 aliphatic heterocycles. The highest BCUT2D eigenvalue weighted by molar-refractivity contribution is 6.31. The fourth-order valence-electron chi connectivity index (χ4n) is 2.19. The van der Waals surface area contributed by atoms with Crippen molar-refractivity contribution in [2.24, 2.45) is 0 Å². The van der Waals surface area contributed by atoms with Crippen molar-refractivity contribution in [3.8, 4) is 0 Å². The third-order valence-electron chi connectivity index (χ3n) is 3.46. The summed E-state index contributed by atoms with van der Waals surface area (Å²) in [4.78, 5) is 14.4. The van der Waals surface area contributed by atoms with Gasteiger partial charge in [-0.1, -0.05) is 11.6 Å². The second kappa shape index (κ2) is 6.92. The van der Waals surface area contributed by atoms with Gasteiger partial charge in [-0.15, -0.1) is 0 Å². The number of ether oxygens (including phenoxy) is 1. The van der Waals surface area contributed by atoms with Gasteiger partial charge in [0.05, 0.1) is 24.0 Å². The Balaban J connectivity index is 2.01. The van der Waals surface area contributed by atoms with Crippen molar-refractivity contribution >= 4 is 28.9 Å². The molecule has 0 spiro atoms. The number of benzene rings is 1. The number of nitrogen functional groups attached to an aromatic ring is 1. The lowest BCUT2D eigenvalue weighted by molar-refractivity contribution is -0.120. The predicted octanol–water partition coefficient (Wildman–Crippen LogP) is 1.97. The molecule has 1 amide bonds. The molecule has 2 rings (SSSR count). The number of amides is 1. The zero-order valence-electron chi connectivity index (χ0n) is 11.6. The topological polar surface area (TPSA) is 67.6 Å². The summed E-state index contributed by atoms with van der Waals surface area (Å²) in [6, 6.07) is 4.81. The van der Waals surface area contributed by atoms with Crippen LogP contribution in [0.15, 0.2) is 18.2 Å². The Labute approximate surface area is 124 Å². The van der Waals surface area contributed by atoms with E-state index in [2.05, 4.69) is 10.2 Å². The molecule has 3 N–H and O–H groups in total. The van der Waals surface area contributed by atoms with Gasteiger partial charge in [-0.05, 0) is 31.5 Å². The molecule has 0 saturated carbocycles. The highest BCUT2D eigenvalue weighted by Gasteiger charge is 2.22. The summed E-state index contributed by atoms with van der Waals surface area (Å²) in [5.74, 6) is -0.0825. The summed E-state index contributed by atoms with van der Waals surface area (Å²) < 4.78 is 5.40. The molecule has 1 aliphatic rings. The first kappa shape index (κ1) is 15.1. The second-order valence-electron chi connectivity index (χ2n) is 4.90. The second-order valence-corrected chi connectivity index (χ2v) is 5.34. The molecular weight excluding hydrogens is 278 g/mol. The first-order valence-corrected chi connectivity index (χ1v) is 7.13. The van der Waals surface area contributed by atoms with E-state index >= 15 is 0 Å².